The Balaban J connectivity index is 2.17. The van der Waals surface area contributed by atoms with Gasteiger partial charge in [0.25, 0.3) is 0 Å². The average molecular weight is 309 g/mol. The molecule has 2 aromatic rings. The first-order valence-electron chi connectivity index (χ1n) is 6.40. The molecule has 0 amide bonds. The number of benzene rings is 2. The molecule has 0 fully saturated rings. The predicted molar refractivity (Wildman–Crippen MR) is 77.5 cm³/mol. The molecular weight excluding hydrogens is 293 g/mol. The average Bonchev–Trinajstić information content (AvgIpc) is 2.47. The molecule has 1 unspecified atom stereocenters. The summed E-state index contributed by atoms with van der Waals surface area (Å²) < 4.78 is 39.9. The van der Waals surface area contributed by atoms with Crippen LogP contribution in [0.15, 0.2) is 53.4 Å². The van der Waals surface area contributed by atoms with Gasteiger partial charge in [-0.2, -0.15) is 0 Å². The van der Waals surface area contributed by atoms with Crippen LogP contribution in [0.2, 0.25) is 0 Å². The summed E-state index contributed by atoms with van der Waals surface area (Å²) in [5.74, 6) is -0.367. The van der Waals surface area contributed by atoms with Crippen LogP contribution in [-0.2, 0) is 16.6 Å². The quantitative estimate of drug-likeness (QED) is 0.891. The minimum atomic E-state index is -3.67. The van der Waals surface area contributed by atoms with E-state index in [1.165, 1.54) is 36.4 Å². The summed E-state index contributed by atoms with van der Waals surface area (Å²) in [5, 5.41) is 8.95. The van der Waals surface area contributed by atoms with Crippen LogP contribution >= 0.6 is 0 Å². The molecule has 112 valence electrons. The molecule has 0 spiro atoms. The lowest BCUT2D eigenvalue weighted by molar-refractivity contribution is 0.282. The summed E-state index contributed by atoms with van der Waals surface area (Å²) in [7, 11) is -3.67. The van der Waals surface area contributed by atoms with Crippen molar-refractivity contribution in [2.75, 3.05) is 0 Å². The van der Waals surface area contributed by atoms with Gasteiger partial charge in [-0.25, -0.2) is 17.5 Å². The Morgan fingerprint density at radius 1 is 1.10 bits per heavy atom. The van der Waals surface area contributed by atoms with Crippen LogP contribution in [0.4, 0.5) is 4.39 Å². The number of aliphatic hydroxyl groups excluding tert-OH is 1. The van der Waals surface area contributed by atoms with E-state index in [1.807, 2.05) is 0 Å². The fourth-order valence-electron chi connectivity index (χ4n) is 1.89. The van der Waals surface area contributed by atoms with E-state index >= 15 is 0 Å². The van der Waals surface area contributed by atoms with Crippen LogP contribution in [0.1, 0.15) is 24.1 Å². The highest BCUT2D eigenvalue weighted by atomic mass is 32.2. The third kappa shape index (κ3) is 3.87. The number of hydrogen-bond donors (Lipinski definition) is 2. The first kappa shape index (κ1) is 15.6. The van der Waals surface area contributed by atoms with Gasteiger partial charge in [0, 0.05) is 6.04 Å². The Bertz CT molecular complexity index is 697. The van der Waals surface area contributed by atoms with Crippen molar-refractivity contribution in [3.63, 3.8) is 0 Å². The highest BCUT2D eigenvalue weighted by Crippen LogP contribution is 2.17. The fourth-order valence-corrected chi connectivity index (χ4v) is 3.13. The van der Waals surface area contributed by atoms with E-state index in [9.17, 15) is 12.8 Å². The third-order valence-electron chi connectivity index (χ3n) is 3.12. The van der Waals surface area contributed by atoms with Gasteiger partial charge in [0.15, 0.2) is 0 Å². The number of aliphatic hydroxyl groups is 1. The van der Waals surface area contributed by atoms with Crippen LogP contribution in [0.25, 0.3) is 0 Å². The van der Waals surface area contributed by atoms with Crippen LogP contribution in [0, 0.1) is 5.82 Å². The van der Waals surface area contributed by atoms with Gasteiger partial charge in [-0.05, 0) is 42.3 Å². The van der Waals surface area contributed by atoms with Crippen LogP contribution in [-0.4, -0.2) is 13.5 Å². The van der Waals surface area contributed by atoms with E-state index in [1.54, 1.807) is 19.1 Å². The largest absolute Gasteiger partial charge is 0.392 e. The molecule has 2 aromatic carbocycles. The van der Waals surface area contributed by atoms with Crippen molar-refractivity contribution >= 4 is 10.0 Å². The predicted octanol–water partition coefficient (Wildman–Crippen LogP) is 2.36. The summed E-state index contributed by atoms with van der Waals surface area (Å²) in [5.41, 5.74) is 1.31. The van der Waals surface area contributed by atoms with Crippen molar-refractivity contribution in [3.8, 4) is 0 Å². The van der Waals surface area contributed by atoms with Gasteiger partial charge in [0.05, 0.1) is 11.5 Å². The normalized spacial score (nSPS) is 13.1. The number of rotatable bonds is 5. The van der Waals surface area contributed by atoms with E-state index in [0.29, 0.717) is 11.1 Å². The maximum absolute atomic E-state index is 12.9. The molecule has 0 radical (unpaired) electrons. The highest BCUT2D eigenvalue weighted by Gasteiger charge is 2.18. The summed E-state index contributed by atoms with van der Waals surface area (Å²) in [6.07, 6.45) is 0. The van der Waals surface area contributed by atoms with Gasteiger partial charge in [-0.15, -0.1) is 0 Å². The second-order valence-corrected chi connectivity index (χ2v) is 6.41. The second kappa shape index (κ2) is 6.34. The van der Waals surface area contributed by atoms with Crippen molar-refractivity contribution in [2.45, 2.75) is 24.5 Å². The van der Waals surface area contributed by atoms with E-state index in [4.69, 9.17) is 5.11 Å². The third-order valence-corrected chi connectivity index (χ3v) is 4.67. The number of nitrogens with one attached hydrogen (secondary N) is 1. The molecule has 6 heteroatoms. The second-order valence-electron chi connectivity index (χ2n) is 4.70. The van der Waals surface area contributed by atoms with Crippen molar-refractivity contribution < 1.29 is 17.9 Å². The zero-order valence-corrected chi connectivity index (χ0v) is 12.3. The van der Waals surface area contributed by atoms with Crippen molar-refractivity contribution in [1.82, 2.24) is 4.72 Å². The SMILES string of the molecule is CC(NS(=O)(=O)c1ccc(CO)cc1)c1ccc(F)cc1. The van der Waals surface area contributed by atoms with E-state index in [-0.39, 0.29) is 17.3 Å². The van der Waals surface area contributed by atoms with E-state index in [0.717, 1.165) is 0 Å². The van der Waals surface area contributed by atoms with E-state index in [2.05, 4.69) is 4.72 Å². The molecule has 0 aliphatic carbocycles. The minimum absolute atomic E-state index is 0.119. The first-order chi connectivity index (χ1) is 9.92. The Morgan fingerprint density at radius 3 is 2.19 bits per heavy atom. The van der Waals surface area contributed by atoms with Crippen molar-refractivity contribution in [2.24, 2.45) is 0 Å². The number of hydrogen-bond acceptors (Lipinski definition) is 3. The smallest absolute Gasteiger partial charge is 0.241 e. The summed E-state index contributed by atoms with van der Waals surface area (Å²) in [6.45, 7) is 1.55. The monoisotopic (exact) mass is 309 g/mol. The lowest BCUT2D eigenvalue weighted by Crippen LogP contribution is -2.26. The maximum Gasteiger partial charge on any atom is 0.241 e. The lowest BCUT2D eigenvalue weighted by Gasteiger charge is -2.15. The van der Waals surface area contributed by atoms with Gasteiger partial charge in [-0.3, -0.25) is 0 Å². The minimum Gasteiger partial charge on any atom is -0.392 e. The van der Waals surface area contributed by atoms with Crippen LogP contribution in [0.5, 0.6) is 0 Å². The first-order valence-corrected chi connectivity index (χ1v) is 7.88. The molecule has 2 rings (SSSR count). The molecule has 0 aromatic heterocycles. The number of sulfonamides is 1. The van der Waals surface area contributed by atoms with Crippen LogP contribution in [0.3, 0.4) is 0 Å². The molecule has 0 aliphatic heterocycles. The standard InChI is InChI=1S/C15H16FNO3S/c1-11(13-4-6-14(16)7-5-13)17-21(19,20)15-8-2-12(10-18)3-9-15/h2-9,11,17-18H,10H2,1H3. The van der Waals surface area contributed by atoms with Gasteiger partial charge in [0.2, 0.25) is 10.0 Å². The molecule has 21 heavy (non-hydrogen) atoms. The lowest BCUT2D eigenvalue weighted by atomic mass is 10.1. The zero-order chi connectivity index (χ0) is 15.5. The highest BCUT2D eigenvalue weighted by molar-refractivity contribution is 7.89. The molecule has 0 saturated heterocycles. The molecule has 0 saturated carbocycles. The number of halogens is 1. The molecule has 2 N–H and O–H groups in total. The molecule has 1 atom stereocenters. The molecular formula is C15H16FNO3S. The van der Waals surface area contributed by atoms with Gasteiger partial charge >= 0.3 is 0 Å². The summed E-state index contributed by atoms with van der Waals surface area (Å²) in [4.78, 5) is 0.119. The Hall–Kier alpha value is -1.76. The van der Waals surface area contributed by atoms with Gasteiger partial charge in [0.1, 0.15) is 5.82 Å². The Labute approximate surface area is 123 Å². The molecule has 0 bridgehead atoms. The fraction of sp³-hybridized carbons (Fsp3) is 0.200. The maximum atomic E-state index is 12.9. The Morgan fingerprint density at radius 2 is 1.67 bits per heavy atom. The van der Waals surface area contributed by atoms with Gasteiger partial charge in [-0.1, -0.05) is 24.3 Å². The van der Waals surface area contributed by atoms with Crippen molar-refractivity contribution in [1.29, 1.82) is 0 Å². The van der Waals surface area contributed by atoms with E-state index < -0.39 is 16.1 Å². The topological polar surface area (TPSA) is 66.4 Å². The molecule has 0 aliphatic rings. The van der Waals surface area contributed by atoms with Crippen LogP contribution < -0.4 is 4.72 Å². The zero-order valence-electron chi connectivity index (χ0n) is 11.5. The molecule has 0 heterocycles. The van der Waals surface area contributed by atoms with Crippen molar-refractivity contribution in [3.05, 3.63) is 65.5 Å². The Kier molecular flexibility index (Phi) is 4.72. The summed E-state index contributed by atoms with van der Waals surface area (Å²) in [6, 6.07) is 11.2. The summed E-state index contributed by atoms with van der Waals surface area (Å²) >= 11 is 0. The molecule has 4 nitrogen and oxygen atoms in total. The van der Waals surface area contributed by atoms with Gasteiger partial charge < -0.3 is 5.11 Å².